The van der Waals surface area contributed by atoms with E-state index in [9.17, 15) is 14.4 Å². The Kier molecular flexibility index (Phi) is 5.57. The fourth-order valence-electron chi connectivity index (χ4n) is 1.94. The largest absolute Gasteiger partial charge is 0.480 e. The summed E-state index contributed by atoms with van der Waals surface area (Å²) in [6.45, 7) is 2.97. The zero-order valence-corrected chi connectivity index (χ0v) is 10.4. The summed E-state index contributed by atoms with van der Waals surface area (Å²) in [6, 6.07) is 0. The van der Waals surface area contributed by atoms with Crippen LogP contribution in [-0.4, -0.2) is 49.1 Å². The first kappa shape index (κ1) is 14.4. The van der Waals surface area contributed by atoms with Crippen LogP contribution in [0.3, 0.4) is 0 Å². The number of carbonyl (C=O) groups excluding carboxylic acids is 2. The lowest BCUT2D eigenvalue weighted by molar-refractivity contribution is -0.137. The Bertz CT molecular complexity index is 332. The van der Waals surface area contributed by atoms with Crippen molar-refractivity contribution < 1.29 is 19.5 Å². The average Bonchev–Trinajstić information content (AvgIpc) is 2.34. The van der Waals surface area contributed by atoms with E-state index in [1.165, 1.54) is 0 Å². The van der Waals surface area contributed by atoms with Crippen molar-refractivity contribution in [2.45, 2.75) is 13.3 Å². The van der Waals surface area contributed by atoms with Crippen molar-refractivity contribution in [3.8, 4) is 0 Å². The van der Waals surface area contributed by atoms with E-state index in [0.29, 0.717) is 0 Å². The van der Waals surface area contributed by atoms with Gasteiger partial charge in [0.25, 0.3) is 0 Å². The lowest BCUT2D eigenvalue weighted by atomic mass is 9.87. The van der Waals surface area contributed by atoms with Crippen molar-refractivity contribution in [3.05, 3.63) is 0 Å². The zero-order chi connectivity index (χ0) is 13.5. The summed E-state index contributed by atoms with van der Waals surface area (Å²) in [5.74, 6) is -1.59. The molecule has 1 heterocycles. The molecule has 1 aliphatic rings. The number of rotatable bonds is 5. The summed E-state index contributed by atoms with van der Waals surface area (Å²) < 4.78 is 0. The van der Waals surface area contributed by atoms with Crippen LogP contribution in [0, 0.1) is 11.8 Å². The SMILES string of the molecule is CC1CNCCC1C(=O)NCC(=O)NCC(=O)O. The molecule has 2 atom stereocenters. The van der Waals surface area contributed by atoms with Gasteiger partial charge in [-0.2, -0.15) is 0 Å². The Morgan fingerprint density at radius 1 is 1.28 bits per heavy atom. The van der Waals surface area contributed by atoms with Crippen LogP contribution in [0.1, 0.15) is 13.3 Å². The van der Waals surface area contributed by atoms with Gasteiger partial charge in [0.1, 0.15) is 6.54 Å². The maximum Gasteiger partial charge on any atom is 0.322 e. The fraction of sp³-hybridized carbons (Fsp3) is 0.727. The summed E-state index contributed by atoms with van der Waals surface area (Å²) in [6.07, 6.45) is 0.754. The van der Waals surface area contributed by atoms with E-state index in [2.05, 4.69) is 16.0 Å². The minimum atomic E-state index is -1.11. The van der Waals surface area contributed by atoms with E-state index < -0.39 is 18.4 Å². The molecular weight excluding hydrogens is 238 g/mol. The molecule has 7 nitrogen and oxygen atoms in total. The Morgan fingerprint density at radius 3 is 2.61 bits per heavy atom. The topological polar surface area (TPSA) is 108 Å². The quantitative estimate of drug-likeness (QED) is 0.482. The van der Waals surface area contributed by atoms with Crippen LogP contribution in [0.25, 0.3) is 0 Å². The lowest BCUT2D eigenvalue weighted by Crippen LogP contribution is -2.46. The summed E-state index contributed by atoms with van der Waals surface area (Å²) >= 11 is 0. The number of carbonyl (C=O) groups is 3. The molecule has 1 fully saturated rings. The highest BCUT2D eigenvalue weighted by Gasteiger charge is 2.27. The molecule has 4 N–H and O–H groups in total. The highest BCUT2D eigenvalue weighted by atomic mass is 16.4. The van der Waals surface area contributed by atoms with Gasteiger partial charge in [-0.1, -0.05) is 6.92 Å². The van der Waals surface area contributed by atoms with Gasteiger partial charge in [-0.05, 0) is 25.4 Å². The number of hydrogen-bond donors (Lipinski definition) is 4. The molecule has 0 radical (unpaired) electrons. The van der Waals surface area contributed by atoms with Crippen LogP contribution in [-0.2, 0) is 14.4 Å². The molecule has 1 aliphatic heterocycles. The molecule has 0 aliphatic carbocycles. The Labute approximate surface area is 105 Å². The molecule has 2 amide bonds. The third kappa shape index (κ3) is 4.70. The van der Waals surface area contributed by atoms with E-state index in [1.54, 1.807) is 0 Å². The average molecular weight is 257 g/mol. The number of hydrogen-bond acceptors (Lipinski definition) is 4. The van der Waals surface area contributed by atoms with Gasteiger partial charge in [-0.25, -0.2) is 0 Å². The number of carboxylic acids is 1. The van der Waals surface area contributed by atoms with Gasteiger partial charge in [0.2, 0.25) is 11.8 Å². The number of carboxylic acid groups (broad SMARTS) is 1. The van der Waals surface area contributed by atoms with Crippen molar-refractivity contribution in [2.75, 3.05) is 26.2 Å². The first-order chi connectivity index (χ1) is 8.50. The number of nitrogens with one attached hydrogen (secondary N) is 3. The van der Waals surface area contributed by atoms with Gasteiger partial charge in [0, 0.05) is 5.92 Å². The maximum atomic E-state index is 11.8. The van der Waals surface area contributed by atoms with Crippen LogP contribution in [0.2, 0.25) is 0 Å². The highest BCUT2D eigenvalue weighted by Crippen LogP contribution is 2.18. The van der Waals surface area contributed by atoms with E-state index >= 15 is 0 Å². The van der Waals surface area contributed by atoms with Crippen molar-refractivity contribution in [3.63, 3.8) is 0 Å². The molecule has 18 heavy (non-hydrogen) atoms. The molecule has 7 heteroatoms. The molecule has 102 valence electrons. The fourth-order valence-corrected chi connectivity index (χ4v) is 1.94. The Morgan fingerprint density at radius 2 is 2.00 bits per heavy atom. The Hall–Kier alpha value is -1.63. The minimum absolute atomic E-state index is 0.0847. The molecule has 0 aromatic rings. The van der Waals surface area contributed by atoms with Crippen LogP contribution < -0.4 is 16.0 Å². The monoisotopic (exact) mass is 257 g/mol. The van der Waals surface area contributed by atoms with Crippen molar-refractivity contribution in [1.29, 1.82) is 0 Å². The minimum Gasteiger partial charge on any atom is -0.480 e. The highest BCUT2D eigenvalue weighted by molar-refractivity contribution is 5.87. The molecule has 1 saturated heterocycles. The van der Waals surface area contributed by atoms with Gasteiger partial charge in [-0.15, -0.1) is 0 Å². The predicted molar refractivity (Wildman–Crippen MR) is 63.8 cm³/mol. The van der Waals surface area contributed by atoms with E-state index in [4.69, 9.17) is 5.11 Å². The van der Waals surface area contributed by atoms with E-state index in [1.807, 2.05) is 6.92 Å². The van der Waals surface area contributed by atoms with Gasteiger partial charge < -0.3 is 21.1 Å². The molecular formula is C11H19N3O4. The number of amides is 2. The second-order valence-corrected chi connectivity index (χ2v) is 4.46. The molecule has 0 saturated carbocycles. The van der Waals surface area contributed by atoms with Crippen molar-refractivity contribution >= 4 is 17.8 Å². The van der Waals surface area contributed by atoms with Crippen molar-refractivity contribution in [1.82, 2.24) is 16.0 Å². The van der Waals surface area contributed by atoms with Crippen LogP contribution in [0.15, 0.2) is 0 Å². The molecule has 0 spiro atoms. The molecule has 0 bridgehead atoms. The summed E-state index contributed by atoms with van der Waals surface area (Å²) in [7, 11) is 0. The zero-order valence-electron chi connectivity index (χ0n) is 10.4. The summed E-state index contributed by atoms with van der Waals surface area (Å²) in [5.41, 5.74) is 0. The van der Waals surface area contributed by atoms with Gasteiger partial charge in [0.15, 0.2) is 0 Å². The standard InChI is InChI=1S/C11H19N3O4/c1-7-4-12-3-2-8(7)11(18)14-5-9(15)13-6-10(16)17/h7-8,12H,2-6H2,1H3,(H,13,15)(H,14,18)(H,16,17). The molecule has 1 rings (SSSR count). The van der Waals surface area contributed by atoms with Crippen LogP contribution in [0.5, 0.6) is 0 Å². The second kappa shape index (κ2) is 6.95. The molecule has 0 aromatic carbocycles. The number of aliphatic carboxylic acids is 1. The maximum absolute atomic E-state index is 11.8. The lowest BCUT2D eigenvalue weighted by Gasteiger charge is -2.28. The third-order valence-electron chi connectivity index (χ3n) is 2.98. The van der Waals surface area contributed by atoms with E-state index in [0.717, 1.165) is 19.5 Å². The second-order valence-electron chi connectivity index (χ2n) is 4.46. The molecule has 2 unspecified atom stereocenters. The van der Waals surface area contributed by atoms with Crippen LogP contribution in [0.4, 0.5) is 0 Å². The Balaban J connectivity index is 2.27. The van der Waals surface area contributed by atoms with Gasteiger partial charge in [0.05, 0.1) is 6.54 Å². The van der Waals surface area contributed by atoms with Gasteiger partial charge in [-0.3, -0.25) is 14.4 Å². The van der Waals surface area contributed by atoms with E-state index in [-0.39, 0.29) is 24.3 Å². The third-order valence-corrected chi connectivity index (χ3v) is 2.98. The first-order valence-electron chi connectivity index (χ1n) is 5.97. The first-order valence-corrected chi connectivity index (χ1v) is 5.97. The normalized spacial score (nSPS) is 23.2. The predicted octanol–water partition coefficient (Wildman–Crippen LogP) is -1.45. The smallest absolute Gasteiger partial charge is 0.322 e. The summed E-state index contributed by atoms with van der Waals surface area (Å²) in [4.78, 5) is 33.3. The van der Waals surface area contributed by atoms with Crippen LogP contribution >= 0.6 is 0 Å². The molecule has 0 aromatic heterocycles. The number of piperidine rings is 1. The van der Waals surface area contributed by atoms with Crippen molar-refractivity contribution in [2.24, 2.45) is 11.8 Å². The van der Waals surface area contributed by atoms with Gasteiger partial charge >= 0.3 is 5.97 Å². The summed E-state index contributed by atoms with van der Waals surface area (Å²) in [5, 5.41) is 16.3.